The van der Waals surface area contributed by atoms with Crippen LogP contribution in [0.15, 0.2) is 36.7 Å². The number of rotatable bonds is 5. The fraction of sp³-hybridized carbons (Fsp3) is 0.381. The van der Waals surface area contributed by atoms with Gasteiger partial charge in [0.2, 0.25) is 5.91 Å². The van der Waals surface area contributed by atoms with Gasteiger partial charge in [-0.25, -0.2) is 4.98 Å². The van der Waals surface area contributed by atoms with E-state index in [1.165, 1.54) is 11.3 Å². The van der Waals surface area contributed by atoms with Gasteiger partial charge in [0.15, 0.2) is 4.96 Å². The van der Waals surface area contributed by atoms with Crippen LogP contribution in [0.1, 0.15) is 27.9 Å². The van der Waals surface area contributed by atoms with E-state index in [1.807, 2.05) is 46.7 Å². The third kappa shape index (κ3) is 4.49. The molecule has 7 nitrogen and oxygen atoms in total. The second-order valence-corrected chi connectivity index (χ2v) is 8.32. The standard InChI is InChI=1S/C21H25N5O2S/c1-3-24-8-10-25(11-9-24)19(27)12-16-4-6-17(7-5-16)23-20(28)18-14-26-13-15(2)22-21(26)29-18/h4-7,13-14H,3,8-12H2,1-2H3,(H,23,28). The van der Waals surface area contributed by atoms with Crippen molar-refractivity contribution in [2.45, 2.75) is 20.3 Å². The summed E-state index contributed by atoms with van der Waals surface area (Å²) in [6.45, 7) is 8.59. The van der Waals surface area contributed by atoms with Crippen molar-refractivity contribution in [3.63, 3.8) is 0 Å². The highest BCUT2D eigenvalue weighted by Gasteiger charge is 2.20. The number of thiazole rings is 1. The lowest BCUT2D eigenvalue weighted by molar-refractivity contribution is -0.132. The lowest BCUT2D eigenvalue weighted by Crippen LogP contribution is -2.48. The number of imidazole rings is 1. The molecule has 1 saturated heterocycles. The third-order valence-corrected chi connectivity index (χ3v) is 6.23. The van der Waals surface area contributed by atoms with Gasteiger partial charge in [0, 0.05) is 44.3 Å². The molecule has 1 N–H and O–H groups in total. The molecule has 0 spiro atoms. The molecule has 3 heterocycles. The van der Waals surface area contributed by atoms with Crippen molar-refractivity contribution < 1.29 is 9.59 Å². The first-order chi connectivity index (χ1) is 14.0. The van der Waals surface area contributed by atoms with Crippen LogP contribution in [-0.2, 0) is 11.2 Å². The molecule has 8 heteroatoms. The van der Waals surface area contributed by atoms with Crippen molar-refractivity contribution in [2.24, 2.45) is 0 Å². The number of nitrogens with one attached hydrogen (secondary N) is 1. The Bertz CT molecular complexity index is 984. The Balaban J connectivity index is 1.33. The number of fused-ring (bicyclic) bond motifs is 1. The Morgan fingerprint density at radius 2 is 1.83 bits per heavy atom. The number of piperazine rings is 1. The fourth-order valence-electron chi connectivity index (χ4n) is 3.52. The van der Waals surface area contributed by atoms with Gasteiger partial charge in [-0.1, -0.05) is 30.4 Å². The van der Waals surface area contributed by atoms with Crippen LogP contribution < -0.4 is 5.32 Å². The molecule has 1 aliphatic heterocycles. The van der Waals surface area contributed by atoms with Crippen LogP contribution >= 0.6 is 11.3 Å². The number of likely N-dealkylation sites (N-methyl/N-ethyl adjacent to an activating group) is 1. The molecule has 0 aliphatic carbocycles. The Kier molecular flexibility index (Phi) is 5.64. The van der Waals surface area contributed by atoms with Gasteiger partial charge >= 0.3 is 0 Å². The first-order valence-corrected chi connectivity index (χ1v) is 10.7. The smallest absolute Gasteiger partial charge is 0.267 e. The van der Waals surface area contributed by atoms with Gasteiger partial charge < -0.3 is 15.1 Å². The molecular formula is C21H25N5O2S. The Morgan fingerprint density at radius 3 is 2.48 bits per heavy atom. The van der Waals surface area contributed by atoms with E-state index in [2.05, 4.69) is 22.1 Å². The van der Waals surface area contributed by atoms with Crippen molar-refractivity contribution in [1.82, 2.24) is 19.2 Å². The van der Waals surface area contributed by atoms with Gasteiger partial charge in [0.25, 0.3) is 5.91 Å². The molecule has 0 atom stereocenters. The van der Waals surface area contributed by atoms with E-state index < -0.39 is 0 Å². The van der Waals surface area contributed by atoms with Gasteiger partial charge in [-0.2, -0.15) is 0 Å². The summed E-state index contributed by atoms with van der Waals surface area (Å²) in [5.41, 5.74) is 2.60. The molecule has 0 radical (unpaired) electrons. The number of amides is 2. The molecule has 3 aromatic rings. The number of hydrogen-bond acceptors (Lipinski definition) is 5. The molecule has 1 aliphatic rings. The number of hydrogen-bond donors (Lipinski definition) is 1. The highest BCUT2D eigenvalue weighted by atomic mass is 32.1. The minimum absolute atomic E-state index is 0.157. The SMILES string of the molecule is CCN1CCN(C(=O)Cc2ccc(NC(=O)c3cn4cc(C)nc4s3)cc2)CC1. The molecule has 0 unspecified atom stereocenters. The van der Waals surface area contributed by atoms with Crippen LogP contribution in [0.25, 0.3) is 4.96 Å². The number of nitrogens with zero attached hydrogens (tertiary/aromatic N) is 4. The average molecular weight is 412 g/mol. The molecular weight excluding hydrogens is 386 g/mol. The summed E-state index contributed by atoms with van der Waals surface area (Å²) in [6.07, 6.45) is 4.08. The normalized spacial score (nSPS) is 15.0. The van der Waals surface area contributed by atoms with Crippen LogP contribution in [0.4, 0.5) is 5.69 Å². The van der Waals surface area contributed by atoms with Gasteiger partial charge in [-0.3, -0.25) is 14.0 Å². The van der Waals surface area contributed by atoms with E-state index in [1.54, 1.807) is 6.20 Å². The van der Waals surface area contributed by atoms with E-state index in [9.17, 15) is 9.59 Å². The molecule has 0 bridgehead atoms. The van der Waals surface area contributed by atoms with E-state index >= 15 is 0 Å². The summed E-state index contributed by atoms with van der Waals surface area (Å²) < 4.78 is 1.87. The lowest BCUT2D eigenvalue weighted by Gasteiger charge is -2.34. The first-order valence-electron chi connectivity index (χ1n) is 9.87. The largest absolute Gasteiger partial charge is 0.340 e. The summed E-state index contributed by atoms with van der Waals surface area (Å²) in [7, 11) is 0. The highest BCUT2D eigenvalue weighted by molar-refractivity contribution is 7.19. The number of anilines is 1. The van der Waals surface area contributed by atoms with Crippen LogP contribution in [0, 0.1) is 6.92 Å². The van der Waals surface area contributed by atoms with Crippen molar-refractivity contribution in [2.75, 3.05) is 38.0 Å². The second-order valence-electron chi connectivity index (χ2n) is 7.31. The molecule has 29 heavy (non-hydrogen) atoms. The summed E-state index contributed by atoms with van der Waals surface area (Å²) >= 11 is 1.36. The molecule has 4 rings (SSSR count). The van der Waals surface area contributed by atoms with Crippen LogP contribution in [0.5, 0.6) is 0 Å². The van der Waals surface area contributed by atoms with E-state index in [4.69, 9.17) is 0 Å². The third-order valence-electron chi connectivity index (χ3n) is 5.24. The molecule has 152 valence electrons. The van der Waals surface area contributed by atoms with Crippen molar-refractivity contribution >= 4 is 33.8 Å². The molecule has 1 aromatic carbocycles. The molecule has 1 fully saturated rings. The van der Waals surface area contributed by atoms with Crippen molar-refractivity contribution in [1.29, 1.82) is 0 Å². The first kappa shape index (κ1) is 19.6. The van der Waals surface area contributed by atoms with Gasteiger partial charge in [0.1, 0.15) is 4.88 Å². The zero-order chi connectivity index (χ0) is 20.4. The monoisotopic (exact) mass is 411 g/mol. The Morgan fingerprint density at radius 1 is 1.10 bits per heavy atom. The summed E-state index contributed by atoms with van der Waals surface area (Å²) in [5.74, 6) is 0.00513. The lowest BCUT2D eigenvalue weighted by atomic mass is 10.1. The highest BCUT2D eigenvalue weighted by Crippen LogP contribution is 2.20. The average Bonchev–Trinajstić information content (AvgIpc) is 3.27. The topological polar surface area (TPSA) is 70.0 Å². The van der Waals surface area contributed by atoms with E-state index in [0.717, 1.165) is 48.9 Å². The molecule has 2 amide bonds. The minimum Gasteiger partial charge on any atom is -0.340 e. The number of benzene rings is 1. The van der Waals surface area contributed by atoms with Crippen LogP contribution in [0.3, 0.4) is 0 Å². The number of aryl methyl sites for hydroxylation is 1. The molecule has 2 aromatic heterocycles. The predicted molar refractivity (Wildman–Crippen MR) is 115 cm³/mol. The number of carbonyl (C=O) groups excluding carboxylic acids is 2. The Hall–Kier alpha value is -2.71. The van der Waals surface area contributed by atoms with Crippen molar-refractivity contribution in [3.05, 3.63) is 52.8 Å². The van der Waals surface area contributed by atoms with Gasteiger partial charge in [-0.05, 0) is 31.2 Å². The number of carbonyl (C=O) groups is 2. The summed E-state index contributed by atoms with van der Waals surface area (Å²) in [6, 6.07) is 7.50. The predicted octanol–water partition coefficient (Wildman–Crippen LogP) is 2.66. The Labute approximate surface area is 174 Å². The molecule has 0 saturated carbocycles. The van der Waals surface area contributed by atoms with Gasteiger partial charge in [-0.15, -0.1) is 0 Å². The van der Waals surface area contributed by atoms with E-state index in [0.29, 0.717) is 17.0 Å². The van der Waals surface area contributed by atoms with E-state index in [-0.39, 0.29) is 11.8 Å². The zero-order valence-electron chi connectivity index (χ0n) is 16.7. The van der Waals surface area contributed by atoms with Gasteiger partial charge in [0.05, 0.1) is 12.1 Å². The van der Waals surface area contributed by atoms with Crippen LogP contribution in [0.2, 0.25) is 0 Å². The maximum Gasteiger partial charge on any atom is 0.267 e. The summed E-state index contributed by atoms with van der Waals surface area (Å²) in [5, 5.41) is 2.91. The second kappa shape index (κ2) is 8.34. The maximum absolute atomic E-state index is 12.5. The minimum atomic E-state index is -0.157. The maximum atomic E-state index is 12.5. The number of aromatic nitrogens is 2. The fourth-order valence-corrected chi connectivity index (χ4v) is 4.42. The van der Waals surface area contributed by atoms with Crippen molar-refractivity contribution in [3.8, 4) is 0 Å². The van der Waals surface area contributed by atoms with Crippen LogP contribution in [-0.4, -0.2) is 63.7 Å². The zero-order valence-corrected chi connectivity index (χ0v) is 17.5. The summed E-state index contributed by atoms with van der Waals surface area (Å²) in [4.78, 5) is 35.1. The quantitative estimate of drug-likeness (QED) is 0.701.